The number of rotatable bonds is 3. The molecule has 0 saturated heterocycles. The van der Waals surface area contributed by atoms with Crippen molar-refractivity contribution in [1.29, 1.82) is 0 Å². The summed E-state index contributed by atoms with van der Waals surface area (Å²) in [6.07, 6.45) is 2.95. The van der Waals surface area contributed by atoms with Gasteiger partial charge in [-0.1, -0.05) is 6.07 Å². The zero-order chi connectivity index (χ0) is 15.8. The molecule has 2 aromatic heterocycles. The minimum atomic E-state index is 0.127. The second kappa shape index (κ2) is 5.70. The summed E-state index contributed by atoms with van der Waals surface area (Å²) in [7, 11) is 0. The number of hydrogen-bond acceptors (Lipinski definition) is 3. The first-order valence-corrected chi connectivity index (χ1v) is 8.19. The summed E-state index contributed by atoms with van der Waals surface area (Å²) < 4.78 is 5.66. The fourth-order valence-electron chi connectivity index (χ4n) is 3.37. The van der Waals surface area contributed by atoms with Crippen LogP contribution in [0.15, 0.2) is 36.5 Å². The molecule has 1 unspecified atom stereocenters. The highest BCUT2D eigenvalue weighted by Gasteiger charge is 2.26. The van der Waals surface area contributed by atoms with E-state index in [2.05, 4.69) is 46.5 Å². The van der Waals surface area contributed by atoms with Gasteiger partial charge >= 0.3 is 0 Å². The van der Waals surface area contributed by atoms with E-state index < -0.39 is 0 Å². The van der Waals surface area contributed by atoms with Gasteiger partial charge in [0.25, 0.3) is 0 Å². The zero-order valence-corrected chi connectivity index (χ0v) is 13.5. The molecule has 3 aromatic rings. The standard InChI is InChI=1S/C19H21N3O/c1-3-23-13-5-7-16-15(10-13)14-8-9-20-19(18(14)22-16)17-6-4-12(2)11-21-17/h4-7,10-11,19-20,22H,3,8-9H2,1-2H3. The summed E-state index contributed by atoms with van der Waals surface area (Å²) >= 11 is 0. The molecule has 3 heterocycles. The normalized spacial score (nSPS) is 17.2. The van der Waals surface area contributed by atoms with Crippen LogP contribution in [-0.4, -0.2) is 23.1 Å². The van der Waals surface area contributed by atoms with Gasteiger partial charge in [0.05, 0.1) is 18.3 Å². The van der Waals surface area contributed by atoms with Crippen molar-refractivity contribution in [3.05, 3.63) is 59.0 Å². The molecule has 1 aliphatic heterocycles. The van der Waals surface area contributed by atoms with Crippen LogP contribution in [0.5, 0.6) is 5.75 Å². The summed E-state index contributed by atoms with van der Waals surface area (Å²) in [5.74, 6) is 0.936. The molecule has 118 valence electrons. The Morgan fingerprint density at radius 2 is 2.17 bits per heavy atom. The molecular formula is C19H21N3O. The molecule has 0 amide bonds. The lowest BCUT2D eigenvalue weighted by Gasteiger charge is -2.24. The van der Waals surface area contributed by atoms with E-state index in [1.54, 1.807) is 0 Å². The number of nitrogens with one attached hydrogen (secondary N) is 2. The molecule has 0 bridgehead atoms. The van der Waals surface area contributed by atoms with E-state index in [-0.39, 0.29) is 6.04 Å². The monoisotopic (exact) mass is 307 g/mol. The SMILES string of the molecule is CCOc1ccc2[nH]c3c(c2c1)CCNC3c1ccc(C)cn1. The van der Waals surface area contributed by atoms with Gasteiger partial charge in [0.1, 0.15) is 5.75 Å². The van der Waals surface area contributed by atoms with Gasteiger partial charge in [-0.25, -0.2) is 0 Å². The summed E-state index contributed by atoms with van der Waals surface area (Å²) in [5.41, 5.74) is 6.03. The molecule has 4 heteroatoms. The van der Waals surface area contributed by atoms with E-state index >= 15 is 0 Å². The van der Waals surface area contributed by atoms with Crippen LogP contribution in [0.1, 0.15) is 35.5 Å². The molecule has 1 aliphatic rings. The molecule has 1 atom stereocenters. The predicted molar refractivity (Wildman–Crippen MR) is 92.0 cm³/mol. The van der Waals surface area contributed by atoms with E-state index in [0.29, 0.717) is 6.61 Å². The van der Waals surface area contributed by atoms with Crippen LogP contribution < -0.4 is 10.1 Å². The van der Waals surface area contributed by atoms with Crippen LogP contribution in [0.2, 0.25) is 0 Å². The van der Waals surface area contributed by atoms with Crippen molar-refractivity contribution in [2.75, 3.05) is 13.2 Å². The number of aryl methyl sites for hydroxylation is 1. The molecule has 0 aliphatic carbocycles. The van der Waals surface area contributed by atoms with Gasteiger partial charge in [-0.3, -0.25) is 4.98 Å². The maximum absolute atomic E-state index is 5.66. The summed E-state index contributed by atoms with van der Waals surface area (Å²) in [5, 5.41) is 4.85. The number of hydrogen-bond donors (Lipinski definition) is 2. The maximum Gasteiger partial charge on any atom is 0.120 e. The van der Waals surface area contributed by atoms with Crippen LogP contribution in [0, 0.1) is 6.92 Å². The first-order valence-electron chi connectivity index (χ1n) is 8.19. The number of ether oxygens (including phenoxy) is 1. The third-order valence-corrected chi connectivity index (χ3v) is 4.46. The van der Waals surface area contributed by atoms with E-state index in [4.69, 9.17) is 4.74 Å². The maximum atomic E-state index is 5.66. The highest BCUT2D eigenvalue weighted by Crippen LogP contribution is 2.34. The Kier molecular flexibility index (Phi) is 3.54. The van der Waals surface area contributed by atoms with Gasteiger partial charge in [-0.2, -0.15) is 0 Å². The van der Waals surface area contributed by atoms with Crippen LogP contribution in [0.25, 0.3) is 10.9 Å². The lowest BCUT2D eigenvalue weighted by atomic mass is 9.97. The molecule has 0 fully saturated rings. The van der Waals surface area contributed by atoms with Crippen molar-refractivity contribution in [1.82, 2.24) is 15.3 Å². The van der Waals surface area contributed by atoms with Crippen LogP contribution >= 0.6 is 0 Å². The number of H-pyrrole nitrogens is 1. The van der Waals surface area contributed by atoms with E-state index in [0.717, 1.165) is 24.4 Å². The number of nitrogens with zero attached hydrogens (tertiary/aromatic N) is 1. The van der Waals surface area contributed by atoms with Crippen molar-refractivity contribution < 1.29 is 4.74 Å². The molecule has 1 aromatic carbocycles. The Balaban J connectivity index is 1.81. The average molecular weight is 307 g/mol. The predicted octanol–water partition coefficient (Wildman–Crippen LogP) is 3.51. The Bertz CT molecular complexity index is 836. The van der Waals surface area contributed by atoms with Crippen LogP contribution in [-0.2, 0) is 6.42 Å². The Morgan fingerprint density at radius 3 is 2.96 bits per heavy atom. The van der Waals surface area contributed by atoms with Crippen molar-refractivity contribution >= 4 is 10.9 Å². The first-order chi connectivity index (χ1) is 11.3. The van der Waals surface area contributed by atoms with E-state index in [9.17, 15) is 0 Å². The Hall–Kier alpha value is -2.33. The zero-order valence-electron chi connectivity index (χ0n) is 13.5. The van der Waals surface area contributed by atoms with Crippen molar-refractivity contribution in [3.63, 3.8) is 0 Å². The van der Waals surface area contributed by atoms with Crippen molar-refractivity contribution in [2.45, 2.75) is 26.3 Å². The van der Waals surface area contributed by atoms with Crippen LogP contribution in [0.4, 0.5) is 0 Å². The quantitative estimate of drug-likeness (QED) is 0.778. The molecule has 4 rings (SSSR count). The van der Waals surface area contributed by atoms with Gasteiger partial charge in [-0.15, -0.1) is 0 Å². The highest BCUT2D eigenvalue weighted by atomic mass is 16.5. The second-order valence-electron chi connectivity index (χ2n) is 6.06. The lowest BCUT2D eigenvalue weighted by molar-refractivity contribution is 0.340. The molecular weight excluding hydrogens is 286 g/mol. The summed E-state index contributed by atoms with van der Waals surface area (Å²) in [6, 6.07) is 10.6. The molecule has 0 radical (unpaired) electrons. The molecule has 0 spiro atoms. The fourth-order valence-corrected chi connectivity index (χ4v) is 3.37. The minimum Gasteiger partial charge on any atom is -0.494 e. The van der Waals surface area contributed by atoms with Crippen molar-refractivity contribution in [2.24, 2.45) is 0 Å². The molecule has 4 nitrogen and oxygen atoms in total. The van der Waals surface area contributed by atoms with Gasteiger partial charge in [0, 0.05) is 29.3 Å². The highest BCUT2D eigenvalue weighted by molar-refractivity contribution is 5.86. The van der Waals surface area contributed by atoms with Gasteiger partial charge < -0.3 is 15.0 Å². The number of benzene rings is 1. The average Bonchev–Trinajstić information content (AvgIpc) is 2.94. The fraction of sp³-hybridized carbons (Fsp3) is 0.316. The smallest absolute Gasteiger partial charge is 0.120 e. The summed E-state index contributed by atoms with van der Waals surface area (Å²) in [4.78, 5) is 8.20. The largest absolute Gasteiger partial charge is 0.494 e. The van der Waals surface area contributed by atoms with Crippen molar-refractivity contribution in [3.8, 4) is 5.75 Å². The second-order valence-corrected chi connectivity index (χ2v) is 6.06. The van der Waals surface area contributed by atoms with Crippen LogP contribution in [0.3, 0.4) is 0 Å². The van der Waals surface area contributed by atoms with Gasteiger partial charge in [0.2, 0.25) is 0 Å². The topological polar surface area (TPSA) is 49.9 Å². The van der Waals surface area contributed by atoms with E-state index in [1.807, 2.05) is 19.2 Å². The minimum absolute atomic E-state index is 0.127. The molecule has 23 heavy (non-hydrogen) atoms. The molecule has 0 saturated carbocycles. The number of fused-ring (bicyclic) bond motifs is 3. The Morgan fingerprint density at radius 1 is 1.26 bits per heavy atom. The van der Waals surface area contributed by atoms with Gasteiger partial charge in [-0.05, 0) is 55.7 Å². The first kappa shape index (κ1) is 14.3. The lowest BCUT2D eigenvalue weighted by Crippen LogP contribution is -2.31. The number of aromatic nitrogens is 2. The molecule has 2 N–H and O–H groups in total. The summed E-state index contributed by atoms with van der Waals surface area (Å²) in [6.45, 7) is 5.73. The van der Waals surface area contributed by atoms with Gasteiger partial charge in [0.15, 0.2) is 0 Å². The number of aromatic amines is 1. The third-order valence-electron chi connectivity index (χ3n) is 4.46. The Labute approximate surface area is 135 Å². The number of pyridine rings is 1. The van der Waals surface area contributed by atoms with E-state index in [1.165, 1.54) is 27.7 Å². The third kappa shape index (κ3) is 2.49.